The van der Waals surface area contributed by atoms with Crippen molar-refractivity contribution in [1.29, 1.82) is 0 Å². The van der Waals surface area contributed by atoms with Crippen molar-refractivity contribution in [2.75, 3.05) is 12.3 Å². The van der Waals surface area contributed by atoms with E-state index in [4.69, 9.17) is 4.74 Å². The molecule has 1 saturated carbocycles. The van der Waals surface area contributed by atoms with E-state index >= 15 is 0 Å². The Hall–Kier alpha value is -4.14. The molecule has 0 aromatic heterocycles. The molecular formula is C29H36N6O8S. The molecule has 1 saturated heterocycles. The predicted molar refractivity (Wildman–Crippen MR) is 157 cm³/mol. The summed E-state index contributed by atoms with van der Waals surface area (Å²) in [6.45, 7) is 6.12. The number of aliphatic carboxylic acids is 1. The predicted octanol–water partition coefficient (Wildman–Crippen LogP) is 1.67. The zero-order valence-electron chi connectivity index (χ0n) is 24.8. The summed E-state index contributed by atoms with van der Waals surface area (Å²) in [6, 6.07) is 6.38. The minimum atomic E-state index is -4.04. The van der Waals surface area contributed by atoms with Crippen LogP contribution in [0.25, 0.3) is 0 Å². The molecule has 15 heteroatoms. The van der Waals surface area contributed by atoms with Crippen LogP contribution in [0.2, 0.25) is 0 Å². The lowest BCUT2D eigenvalue weighted by Gasteiger charge is -2.32. The van der Waals surface area contributed by atoms with E-state index < -0.39 is 85.9 Å². The molecule has 44 heavy (non-hydrogen) atoms. The SMILES string of the molecule is CC1[C@H](NC(=O)OC(C)(C)C)C(=O)N2C[C@H](C3N=NC(c4ccccc4)=N3)C[C@H]2C(=O)NC2(C(=O)O)CC2/C=C\CS1(=O)=O. The molecule has 14 nitrogen and oxygen atoms in total. The summed E-state index contributed by atoms with van der Waals surface area (Å²) in [5, 5.41) is 22.1. The van der Waals surface area contributed by atoms with Gasteiger partial charge >= 0.3 is 12.1 Å². The zero-order chi connectivity index (χ0) is 32.0. The monoisotopic (exact) mass is 628 g/mol. The van der Waals surface area contributed by atoms with Crippen molar-refractivity contribution in [1.82, 2.24) is 15.5 Å². The third kappa shape index (κ3) is 6.23. The lowest BCUT2D eigenvalue weighted by Crippen LogP contribution is -2.60. The second-order valence-corrected chi connectivity index (χ2v) is 15.0. The van der Waals surface area contributed by atoms with Crippen molar-refractivity contribution >= 4 is 39.5 Å². The number of amides is 3. The number of azo groups is 1. The maximum atomic E-state index is 14.2. The number of aliphatic imine (C=N–C) groups is 1. The summed E-state index contributed by atoms with van der Waals surface area (Å²) >= 11 is 0. The van der Waals surface area contributed by atoms with Crippen molar-refractivity contribution in [3.8, 4) is 0 Å². The highest BCUT2D eigenvalue weighted by molar-refractivity contribution is 7.92. The molecule has 236 valence electrons. The summed E-state index contributed by atoms with van der Waals surface area (Å²) in [7, 11) is -4.04. The topological polar surface area (TPSA) is 196 Å². The Labute approximate surface area is 254 Å². The number of hydrogen-bond acceptors (Lipinski definition) is 10. The number of fused-ring (bicyclic) bond motifs is 2. The van der Waals surface area contributed by atoms with E-state index in [9.17, 15) is 32.7 Å². The molecule has 1 aromatic rings. The first-order valence-corrected chi connectivity index (χ1v) is 16.1. The van der Waals surface area contributed by atoms with Gasteiger partial charge in [-0.3, -0.25) is 9.59 Å². The largest absolute Gasteiger partial charge is 0.479 e. The van der Waals surface area contributed by atoms with Crippen molar-refractivity contribution < 1.29 is 37.4 Å². The molecule has 1 aliphatic carbocycles. The number of rotatable bonds is 4. The molecule has 3 amide bonds. The van der Waals surface area contributed by atoms with E-state index in [1.807, 2.05) is 30.3 Å². The van der Waals surface area contributed by atoms with Gasteiger partial charge in [0, 0.05) is 23.9 Å². The van der Waals surface area contributed by atoms with Gasteiger partial charge in [-0.05, 0) is 40.5 Å². The average Bonchev–Trinajstić information content (AvgIpc) is 3.28. The van der Waals surface area contributed by atoms with E-state index in [2.05, 4.69) is 25.9 Å². The summed E-state index contributed by atoms with van der Waals surface area (Å²) in [4.78, 5) is 58.8. The first-order valence-electron chi connectivity index (χ1n) is 14.4. The highest BCUT2D eigenvalue weighted by Gasteiger charge is 2.62. The summed E-state index contributed by atoms with van der Waals surface area (Å²) in [5.41, 5.74) is -1.81. The first-order chi connectivity index (χ1) is 20.6. The highest BCUT2D eigenvalue weighted by atomic mass is 32.2. The number of benzene rings is 1. The number of ether oxygens (including phenoxy) is 1. The lowest BCUT2D eigenvalue weighted by atomic mass is 10.0. The van der Waals surface area contributed by atoms with E-state index in [-0.39, 0.29) is 19.4 Å². The smallest absolute Gasteiger partial charge is 0.408 e. The van der Waals surface area contributed by atoms with Crippen molar-refractivity contribution in [2.24, 2.45) is 27.1 Å². The fourth-order valence-corrected chi connectivity index (χ4v) is 7.04. The van der Waals surface area contributed by atoms with Crippen LogP contribution in [0.3, 0.4) is 0 Å². The van der Waals surface area contributed by atoms with Crippen LogP contribution in [-0.4, -0.2) is 95.1 Å². The van der Waals surface area contributed by atoms with Gasteiger partial charge in [-0.1, -0.05) is 42.5 Å². The van der Waals surface area contributed by atoms with Crippen LogP contribution in [0.15, 0.2) is 57.7 Å². The Morgan fingerprint density at radius 1 is 1.18 bits per heavy atom. The van der Waals surface area contributed by atoms with Gasteiger partial charge in [-0.25, -0.2) is 23.0 Å². The van der Waals surface area contributed by atoms with Crippen LogP contribution in [0.4, 0.5) is 4.79 Å². The Morgan fingerprint density at radius 3 is 2.55 bits per heavy atom. The van der Waals surface area contributed by atoms with E-state index in [0.29, 0.717) is 5.84 Å². The molecule has 4 aliphatic rings. The number of amidine groups is 1. The Bertz CT molecular complexity index is 1550. The molecule has 0 bridgehead atoms. The Kier molecular flexibility index (Phi) is 8.12. The zero-order valence-corrected chi connectivity index (χ0v) is 25.7. The van der Waals surface area contributed by atoms with E-state index in [1.165, 1.54) is 24.0 Å². The van der Waals surface area contributed by atoms with Crippen LogP contribution in [0.5, 0.6) is 0 Å². The fraction of sp³-hybridized carbons (Fsp3) is 0.552. The van der Waals surface area contributed by atoms with Crippen molar-refractivity contribution in [3.63, 3.8) is 0 Å². The molecule has 7 atom stereocenters. The van der Waals surface area contributed by atoms with Crippen LogP contribution in [-0.2, 0) is 29.0 Å². The normalized spacial score (nSPS) is 33.8. The van der Waals surface area contributed by atoms with Gasteiger partial charge < -0.3 is 25.4 Å². The lowest BCUT2D eigenvalue weighted by molar-refractivity contribution is -0.145. The molecule has 2 fully saturated rings. The second-order valence-electron chi connectivity index (χ2n) is 12.6. The van der Waals surface area contributed by atoms with Gasteiger partial charge in [-0.2, -0.15) is 5.11 Å². The Morgan fingerprint density at radius 2 is 1.89 bits per heavy atom. The molecule has 3 heterocycles. The fourth-order valence-electron chi connectivity index (χ4n) is 5.76. The van der Waals surface area contributed by atoms with Gasteiger partial charge in [0.05, 0.1) is 11.0 Å². The number of carbonyl (C=O) groups excluding carboxylic acids is 3. The molecule has 3 N–H and O–H groups in total. The van der Waals surface area contributed by atoms with Gasteiger partial charge in [-0.15, -0.1) is 5.11 Å². The summed E-state index contributed by atoms with van der Waals surface area (Å²) < 4.78 is 32.1. The van der Waals surface area contributed by atoms with Gasteiger partial charge in [0.2, 0.25) is 11.8 Å². The second kappa shape index (κ2) is 11.4. The number of carboxylic acids is 1. The Balaban J connectivity index is 1.51. The third-order valence-electron chi connectivity index (χ3n) is 8.31. The molecule has 3 aliphatic heterocycles. The number of carbonyl (C=O) groups is 4. The first kappa shape index (κ1) is 31.3. The number of nitrogens with zero attached hydrogens (tertiary/aromatic N) is 4. The molecule has 1 aromatic carbocycles. The molecule has 0 radical (unpaired) electrons. The minimum absolute atomic E-state index is 0.0589. The molecular weight excluding hydrogens is 592 g/mol. The molecule has 0 spiro atoms. The maximum absolute atomic E-state index is 14.2. The summed E-state index contributed by atoms with van der Waals surface area (Å²) in [5.74, 6) is -4.02. The molecule has 5 rings (SSSR count). The minimum Gasteiger partial charge on any atom is -0.479 e. The average molecular weight is 629 g/mol. The van der Waals surface area contributed by atoms with Crippen LogP contribution >= 0.6 is 0 Å². The standard InChI is InChI=1S/C29H36N6O8S/c1-16-21(30-27(40)43-28(2,3)4)25(37)35-15-18(23-31-22(33-34-23)17-9-6-5-7-10-17)13-20(35)24(36)32-29(26(38)39)14-19(29)11-8-12-44(16,41)42/h5-11,16,18-21,23H,12-15H2,1-4H3,(H,30,40)(H,32,36)(H,38,39)/b11-8-/t16?,18-,19?,20+,21+,23?,29?/m1/s1. The van der Waals surface area contributed by atoms with Crippen LogP contribution < -0.4 is 10.6 Å². The van der Waals surface area contributed by atoms with Crippen molar-refractivity contribution in [2.45, 2.75) is 75.2 Å². The van der Waals surface area contributed by atoms with Crippen molar-refractivity contribution in [3.05, 3.63) is 48.0 Å². The maximum Gasteiger partial charge on any atom is 0.408 e. The van der Waals surface area contributed by atoms with Gasteiger partial charge in [0.25, 0.3) is 0 Å². The number of nitrogens with one attached hydrogen (secondary N) is 2. The number of sulfone groups is 1. The number of carboxylic acid groups (broad SMARTS) is 1. The number of hydrogen-bond donors (Lipinski definition) is 3. The van der Waals surface area contributed by atoms with E-state index in [1.54, 1.807) is 20.8 Å². The van der Waals surface area contributed by atoms with Crippen LogP contribution in [0, 0.1) is 11.8 Å². The molecule has 4 unspecified atom stereocenters. The van der Waals surface area contributed by atoms with Gasteiger partial charge in [0.1, 0.15) is 23.2 Å². The van der Waals surface area contributed by atoms with Crippen LogP contribution in [0.1, 0.15) is 46.1 Å². The number of alkyl carbamates (subject to hydrolysis) is 1. The van der Waals surface area contributed by atoms with Gasteiger partial charge in [0.15, 0.2) is 21.8 Å². The van der Waals surface area contributed by atoms with E-state index in [0.717, 1.165) is 5.56 Å². The third-order valence-corrected chi connectivity index (χ3v) is 10.4. The highest BCUT2D eigenvalue weighted by Crippen LogP contribution is 2.45. The summed E-state index contributed by atoms with van der Waals surface area (Å²) in [6.07, 6.45) is 1.19. The quantitative estimate of drug-likeness (QED) is 0.419.